The first-order valence-electron chi connectivity index (χ1n) is 7.30. The van der Waals surface area contributed by atoms with E-state index in [0.29, 0.717) is 12.3 Å². The molecule has 0 bridgehead atoms. The molecule has 6 N–H and O–H groups in total. The Morgan fingerprint density at radius 3 is 2.17 bits per heavy atom. The molecule has 0 radical (unpaired) electrons. The number of ether oxygens (including phenoxy) is 1. The maximum Gasteiger partial charge on any atom is 0.126 e. The molecule has 0 aliphatic rings. The van der Waals surface area contributed by atoms with Gasteiger partial charge in [-0.2, -0.15) is 0 Å². The Balaban J connectivity index is 2.69. The molecule has 1 aromatic heterocycles. The summed E-state index contributed by atoms with van der Waals surface area (Å²) in [5.41, 5.74) is 0.426. The van der Waals surface area contributed by atoms with E-state index in [1.165, 1.54) is 12.4 Å². The Bertz CT molecular complexity index is 445. The molecule has 1 heterocycles. The van der Waals surface area contributed by atoms with Crippen molar-refractivity contribution in [3.63, 3.8) is 0 Å². The lowest BCUT2D eigenvalue weighted by molar-refractivity contribution is -0.0790. The smallest absolute Gasteiger partial charge is 0.126 e. The molecule has 1 rings (SSSR count). The summed E-state index contributed by atoms with van der Waals surface area (Å²) in [6.07, 6.45) is -3.68. The number of rotatable bonds is 10. The average Bonchev–Trinajstić information content (AvgIpc) is 2.58. The summed E-state index contributed by atoms with van der Waals surface area (Å²) in [5, 5.41) is 56.6. The van der Waals surface area contributed by atoms with Crippen LogP contribution in [0.25, 0.3) is 0 Å². The first-order chi connectivity index (χ1) is 10.9. The average molecular weight is 332 g/mol. The van der Waals surface area contributed by atoms with Crippen LogP contribution in [-0.4, -0.2) is 84.8 Å². The van der Waals surface area contributed by atoms with Crippen molar-refractivity contribution >= 4 is 0 Å². The van der Waals surface area contributed by atoms with E-state index >= 15 is 0 Å². The van der Waals surface area contributed by atoms with Crippen LogP contribution in [0.1, 0.15) is 24.4 Å². The number of aliphatic hydroxyl groups is 6. The van der Waals surface area contributed by atoms with Crippen LogP contribution in [0, 0.1) is 0 Å². The van der Waals surface area contributed by atoms with Crippen molar-refractivity contribution in [2.45, 2.75) is 43.9 Å². The van der Waals surface area contributed by atoms with Crippen molar-refractivity contribution in [3.05, 3.63) is 23.8 Å². The lowest BCUT2D eigenvalue weighted by Gasteiger charge is -2.22. The highest BCUT2D eigenvalue weighted by Crippen LogP contribution is 2.17. The van der Waals surface area contributed by atoms with Gasteiger partial charge < -0.3 is 35.4 Å². The van der Waals surface area contributed by atoms with Gasteiger partial charge in [-0.3, -0.25) is 9.97 Å². The van der Waals surface area contributed by atoms with Crippen molar-refractivity contribution in [2.75, 3.05) is 19.8 Å². The summed E-state index contributed by atoms with van der Waals surface area (Å²) in [6, 6.07) is 0. The zero-order chi connectivity index (χ0) is 17.4. The van der Waals surface area contributed by atoms with Gasteiger partial charge in [0.2, 0.25) is 0 Å². The minimum atomic E-state index is -1.59. The Hall–Kier alpha value is -1.20. The third-order valence-electron chi connectivity index (χ3n) is 3.34. The van der Waals surface area contributed by atoms with Gasteiger partial charge in [0.1, 0.15) is 24.4 Å². The zero-order valence-electron chi connectivity index (χ0n) is 12.9. The Morgan fingerprint density at radius 1 is 1.00 bits per heavy atom. The van der Waals surface area contributed by atoms with Gasteiger partial charge in [-0.1, -0.05) is 0 Å². The fourth-order valence-electron chi connectivity index (χ4n) is 1.96. The molecule has 132 valence electrons. The van der Waals surface area contributed by atoms with Gasteiger partial charge in [0, 0.05) is 19.2 Å². The van der Waals surface area contributed by atoms with Gasteiger partial charge >= 0.3 is 0 Å². The van der Waals surface area contributed by atoms with Crippen LogP contribution in [0.5, 0.6) is 0 Å². The lowest BCUT2D eigenvalue weighted by atomic mass is 10.1. The minimum absolute atomic E-state index is 0.0201. The van der Waals surface area contributed by atoms with E-state index in [1.807, 2.05) is 0 Å². The largest absolute Gasteiger partial charge is 0.394 e. The van der Waals surface area contributed by atoms with Gasteiger partial charge in [0.25, 0.3) is 0 Å². The highest BCUT2D eigenvalue weighted by atomic mass is 16.5. The van der Waals surface area contributed by atoms with E-state index < -0.39 is 37.1 Å². The predicted molar refractivity (Wildman–Crippen MR) is 78.3 cm³/mol. The first kappa shape index (κ1) is 19.8. The Morgan fingerprint density at radius 2 is 1.70 bits per heavy atom. The van der Waals surface area contributed by atoms with Crippen LogP contribution in [-0.2, 0) is 11.2 Å². The topological polar surface area (TPSA) is 156 Å². The number of hydrogen-bond donors (Lipinski definition) is 6. The van der Waals surface area contributed by atoms with Gasteiger partial charge in [-0.05, 0) is 6.92 Å². The van der Waals surface area contributed by atoms with Gasteiger partial charge in [0.05, 0.1) is 36.9 Å². The maximum atomic E-state index is 9.96. The Labute approximate surface area is 133 Å². The number of hydrogen-bond acceptors (Lipinski definition) is 9. The Kier molecular flexibility index (Phi) is 8.48. The van der Waals surface area contributed by atoms with E-state index in [4.69, 9.17) is 14.9 Å². The number of aliphatic hydroxyl groups excluding tert-OH is 6. The van der Waals surface area contributed by atoms with Crippen LogP contribution in [0.15, 0.2) is 12.4 Å². The molecule has 23 heavy (non-hydrogen) atoms. The van der Waals surface area contributed by atoms with E-state index in [2.05, 4.69) is 9.97 Å². The van der Waals surface area contributed by atoms with E-state index in [1.54, 1.807) is 6.92 Å². The van der Waals surface area contributed by atoms with E-state index in [-0.39, 0.29) is 18.7 Å². The fraction of sp³-hybridized carbons (Fsp3) is 0.714. The summed E-state index contributed by atoms with van der Waals surface area (Å²) in [7, 11) is 0. The summed E-state index contributed by atoms with van der Waals surface area (Å²) >= 11 is 0. The van der Waals surface area contributed by atoms with Gasteiger partial charge in [-0.25, -0.2) is 0 Å². The molecule has 0 saturated carbocycles. The molecule has 0 aromatic carbocycles. The lowest BCUT2D eigenvalue weighted by Crippen LogP contribution is -2.35. The number of aromatic nitrogens is 2. The molecule has 0 fully saturated rings. The molecular formula is C14H24N2O7. The molecule has 0 amide bonds. The maximum absolute atomic E-state index is 9.96. The summed E-state index contributed by atoms with van der Waals surface area (Å²) in [5.74, 6) is 0. The molecular weight excluding hydrogens is 308 g/mol. The summed E-state index contributed by atoms with van der Waals surface area (Å²) < 4.78 is 5.18. The van der Waals surface area contributed by atoms with Crippen molar-refractivity contribution in [1.29, 1.82) is 0 Å². The third kappa shape index (κ3) is 5.74. The van der Waals surface area contributed by atoms with Crippen molar-refractivity contribution < 1.29 is 35.4 Å². The molecule has 0 unspecified atom stereocenters. The van der Waals surface area contributed by atoms with Crippen LogP contribution in [0.4, 0.5) is 0 Å². The number of nitrogens with zero attached hydrogens (tertiary/aromatic N) is 2. The van der Waals surface area contributed by atoms with Crippen LogP contribution >= 0.6 is 0 Å². The summed E-state index contributed by atoms with van der Waals surface area (Å²) in [6.45, 7) is 1.07. The van der Waals surface area contributed by atoms with Crippen molar-refractivity contribution in [2.24, 2.45) is 0 Å². The van der Waals surface area contributed by atoms with Gasteiger partial charge in [0.15, 0.2) is 0 Å². The minimum Gasteiger partial charge on any atom is -0.394 e. The predicted octanol–water partition coefficient (Wildman–Crippen LogP) is -2.48. The van der Waals surface area contributed by atoms with Crippen LogP contribution in [0.3, 0.4) is 0 Å². The first-order valence-corrected chi connectivity index (χ1v) is 7.30. The molecule has 5 atom stereocenters. The SMILES string of the molecule is CCO[C@@H](CO)[C@@H](O)Cc1cnc([C@@H](O)[C@H](O)[C@H](O)CO)cn1. The van der Waals surface area contributed by atoms with E-state index in [9.17, 15) is 20.4 Å². The highest BCUT2D eigenvalue weighted by molar-refractivity contribution is 5.08. The normalized spacial score (nSPS) is 18.2. The molecule has 0 saturated heterocycles. The third-order valence-corrected chi connectivity index (χ3v) is 3.34. The monoisotopic (exact) mass is 332 g/mol. The summed E-state index contributed by atoms with van der Waals surface area (Å²) in [4.78, 5) is 7.93. The molecule has 0 spiro atoms. The molecule has 0 aliphatic heterocycles. The van der Waals surface area contributed by atoms with Crippen LogP contribution < -0.4 is 0 Å². The van der Waals surface area contributed by atoms with Crippen molar-refractivity contribution in [3.8, 4) is 0 Å². The second-order valence-corrected chi connectivity index (χ2v) is 5.07. The van der Waals surface area contributed by atoms with Crippen molar-refractivity contribution in [1.82, 2.24) is 9.97 Å². The second kappa shape index (κ2) is 9.83. The standard InChI is InChI=1S/C14H24N2O7/c1-2-23-12(7-18)10(19)3-8-4-16-9(5-15-8)13(21)14(22)11(20)6-17/h4-5,10-14,17-22H,2-3,6-7H2,1H3/t10-,11+,12-,13+,14+/m0/s1. The van der Waals surface area contributed by atoms with E-state index in [0.717, 1.165) is 0 Å². The molecule has 9 nitrogen and oxygen atoms in total. The zero-order valence-corrected chi connectivity index (χ0v) is 12.9. The van der Waals surface area contributed by atoms with Crippen LogP contribution in [0.2, 0.25) is 0 Å². The highest BCUT2D eigenvalue weighted by Gasteiger charge is 2.27. The fourth-order valence-corrected chi connectivity index (χ4v) is 1.96. The second-order valence-electron chi connectivity index (χ2n) is 5.07. The quantitative estimate of drug-likeness (QED) is 0.273. The molecule has 9 heteroatoms. The molecule has 1 aromatic rings. The molecule has 0 aliphatic carbocycles. The van der Waals surface area contributed by atoms with Gasteiger partial charge in [-0.15, -0.1) is 0 Å².